The summed E-state index contributed by atoms with van der Waals surface area (Å²) in [6, 6.07) is 17.7. The van der Waals surface area contributed by atoms with Gasteiger partial charge in [0.25, 0.3) is 11.7 Å². The van der Waals surface area contributed by atoms with Crippen LogP contribution >= 0.6 is 0 Å². The summed E-state index contributed by atoms with van der Waals surface area (Å²) in [4.78, 5) is 32.1. The van der Waals surface area contributed by atoms with Gasteiger partial charge in [0.2, 0.25) is 0 Å². The smallest absolute Gasteiger partial charge is 0.295 e. The number of carbonyl (C=O) groups excluding carboxylic acids is 2. The number of aliphatic hydroxyl groups is 1. The number of pyridine rings is 1. The zero-order valence-electron chi connectivity index (χ0n) is 20.5. The minimum atomic E-state index is -0.736. The highest BCUT2D eigenvalue weighted by molar-refractivity contribution is 6.46. The first-order valence-corrected chi connectivity index (χ1v) is 11.7. The molecule has 180 valence electrons. The molecule has 1 aliphatic heterocycles. The summed E-state index contributed by atoms with van der Waals surface area (Å²) in [5.74, 6) is -1.00. The van der Waals surface area contributed by atoms with Gasteiger partial charge >= 0.3 is 0 Å². The van der Waals surface area contributed by atoms with E-state index in [9.17, 15) is 14.7 Å². The molecule has 6 nitrogen and oxygen atoms in total. The number of ether oxygens (including phenoxy) is 1. The molecule has 1 aliphatic rings. The van der Waals surface area contributed by atoms with Gasteiger partial charge in [-0.1, -0.05) is 63.2 Å². The fraction of sp³-hybridized carbons (Fsp3) is 0.276. The lowest BCUT2D eigenvalue weighted by Gasteiger charge is -2.26. The molecular formula is C29H30N2O4. The van der Waals surface area contributed by atoms with Gasteiger partial charge in [0.1, 0.15) is 11.5 Å². The number of nitrogens with zero attached hydrogens (tertiary/aromatic N) is 2. The Morgan fingerprint density at radius 3 is 2.43 bits per heavy atom. The second-order valence-corrected chi connectivity index (χ2v) is 9.62. The molecule has 3 aromatic rings. The standard InChI is InChI=1S/C29H30N2O4/c1-5-35-23-10-6-9-21(16-23)26(32)24-25(20-11-13-22(14-12-20)29(2,3)4)31(28(34)27(24)33)18-19-8-7-15-30-17-19/h6-17,25,32H,5,18H2,1-4H3/b26-24+. The van der Waals surface area contributed by atoms with Crippen LogP contribution in [0.3, 0.4) is 0 Å². The Morgan fingerprint density at radius 2 is 1.80 bits per heavy atom. The molecule has 0 saturated carbocycles. The lowest BCUT2D eigenvalue weighted by Crippen LogP contribution is -2.29. The van der Waals surface area contributed by atoms with Crippen molar-refractivity contribution in [3.63, 3.8) is 0 Å². The first-order valence-electron chi connectivity index (χ1n) is 11.7. The third-order valence-electron chi connectivity index (χ3n) is 6.13. The fourth-order valence-electron chi connectivity index (χ4n) is 4.30. The molecule has 1 saturated heterocycles. The molecule has 1 atom stereocenters. The van der Waals surface area contributed by atoms with Crippen LogP contribution in [0.4, 0.5) is 0 Å². The normalized spacial score (nSPS) is 17.6. The van der Waals surface area contributed by atoms with Gasteiger partial charge in [-0.25, -0.2) is 0 Å². The van der Waals surface area contributed by atoms with Gasteiger partial charge in [-0.15, -0.1) is 0 Å². The summed E-state index contributed by atoms with van der Waals surface area (Å²) in [7, 11) is 0. The van der Waals surface area contributed by atoms with Crippen molar-refractivity contribution < 1.29 is 19.4 Å². The molecule has 1 aromatic heterocycles. The summed E-state index contributed by atoms with van der Waals surface area (Å²) in [5, 5.41) is 11.3. The van der Waals surface area contributed by atoms with Crippen LogP contribution in [0, 0.1) is 0 Å². The second kappa shape index (κ2) is 9.74. The number of rotatable bonds is 6. The van der Waals surface area contributed by atoms with E-state index in [0.717, 1.165) is 16.7 Å². The van der Waals surface area contributed by atoms with E-state index < -0.39 is 17.7 Å². The quantitative estimate of drug-likeness (QED) is 0.296. The van der Waals surface area contributed by atoms with E-state index in [1.54, 1.807) is 42.7 Å². The minimum absolute atomic E-state index is 0.0459. The Hall–Kier alpha value is -3.93. The number of Topliss-reactive ketones (excluding diaryl/α,β-unsaturated/α-hetero) is 1. The molecule has 6 heteroatoms. The number of amides is 1. The third kappa shape index (κ3) is 4.97. The average Bonchev–Trinajstić information content (AvgIpc) is 3.09. The maximum atomic E-state index is 13.3. The maximum Gasteiger partial charge on any atom is 0.295 e. The molecule has 1 amide bonds. The maximum absolute atomic E-state index is 13.3. The van der Waals surface area contributed by atoms with Crippen LogP contribution in [-0.4, -0.2) is 33.3 Å². The summed E-state index contributed by atoms with van der Waals surface area (Å²) >= 11 is 0. The number of hydrogen-bond donors (Lipinski definition) is 1. The number of ketones is 1. The van der Waals surface area contributed by atoms with E-state index >= 15 is 0 Å². The molecule has 2 aromatic carbocycles. The third-order valence-corrected chi connectivity index (χ3v) is 6.13. The van der Waals surface area contributed by atoms with Gasteiger partial charge in [-0.05, 0) is 47.2 Å². The van der Waals surface area contributed by atoms with E-state index in [0.29, 0.717) is 17.9 Å². The van der Waals surface area contributed by atoms with E-state index in [2.05, 4.69) is 25.8 Å². The number of likely N-dealkylation sites (tertiary alicyclic amines) is 1. The highest BCUT2D eigenvalue weighted by atomic mass is 16.5. The largest absolute Gasteiger partial charge is 0.507 e. The van der Waals surface area contributed by atoms with Gasteiger partial charge < -0.3 is 14.7 Å². The predicted octanol–water partition coefficient (Wildman–Crippen LogP) is 5.40. The van der Waals surface area contributed by atoms with Gasteiger partial charge in [0.05, 0.1) is 18.2 Å². The predicted molar refractivity (Wildman–Crippen MR) is 135 cm³/mol. The number of aromatic nitrogens is 1. The van der Waals surface area contributed by atoms with Crippen molar-refractivity contribution in [1.82, 2.24) is 9.88 Å². The lowest BCUT2D eigenvalue weighted by atomic mass is 9.85. The molecule has 1 fully saturated rings. The summed E-state index contributed by atoms with van der Waals surface area (Å²) in [6.45, 7) is 8.92. The Balaban J connectivity index is 1.85. The molecule has 35 heavy (non-hydrogen) atoms. The van der Waals surface area contributed by atoms with Gasteiger partial charge in [-0.3, -0.25) is 14.6 Å². The Labute approximate surface area is 205 Å². The lowest BCUT2D eigenvalue weighted by molar-refractivity contribution is -0.140. The molecule has 0 aliphatic carbocycles. The van der Waals surface area contributed by atoms with Crippen LogP contribution in [0.15, 0.2) is 78.6 Å². The second-order valence-electron chi connectivity index (χ2n) is 9.62. The monoisotopic (exact) mass is 470 g/mol. The van der Waals surface area contributed by atoms with Crippen molar-refractivity contribution in [2.24, 2.45) is 0 Å². The van der Waals surface area contributed by atoms with Crippen molar-refractivity contribution in [3.8, 4) is 5.75 Å². The fourth-order valence-corrected chi connectivity index (χ4v) is 4.30. The van der Waals surface area contributed by atoms with Crippen molar-refractivity contribution >= 4 is 17.4 Å². The molecule has 4 rings (SSSR count). The van der Waals surface area contributed by atoms with Gasteiger partial charge in [0, 0.05) is 24.5 Å². The van der Waals surface area contributed by atoms with Crippen LogP contribution in [-0.2, 0) is 21.5 Å². The average molecular weight is 471 g/mol. The molecule has 0 bridgehead atoms. The van der Waals surface area contributed by atoms with E-state index in [1.165, 1.54) is 4.90 Å². The van der Waals surface area contributed by atoms with Gasteiger partial charge in [0.15, 0.2) is 0 Å². The van der Waals surface area contributed by atoms with Crippen LogP contribution < -0.4 is 4.74 Å². The summed E-state index contributed by atoms with van der Waals surface area (Å²) < 4.78 is 5.56. The Kier molecular flexibility index (Phi) is 6.74. The van der Waals surface area contributed by atoms with Crippen molar-refractivity contribution in [3.05, 3.63) is 101 Å². The van der Waals surface area contributed by atoms with Crippen LogP contribution in [0.2, 0.25) is 0 Å². The van der Waals surface area contributed by atoms with Crippen LogP contribution in [0.1, 0.15) is 56.0 Å². The number of carbonyl (C=O) groups is 2. The first kappa shape index (κ1) is 24.2. The molecule has 1 unspecified atom stereocenters. The highest BCUT2D eigenvalue weighted by Gasteiger charge is 2.46. The molecule has 0 radical (unpaired) electrons. The van der Waals surface area contributed by atoms with E-state index in [4.69, 9.17) is 4.74 Å². The molecular weight excluding hydrogens is 440 g/mol. The zero-order chi connectivity index (χ0) is 25.2. The highest BCUT2D eigenvalue weighted by Crippen LogP contribution is 2.41. The van der Waals surface area contributed by atoms with Crippen LogP contribution in [0.25, 0.3) is 5.76 Å². The van der Waals surface area contributed by atoms with Crippen LogP contribution in [0.5, 0.6) is 5.75 Å². The molecule has 2 heterocycles. The van der Waals surface area contributed by atoms with E-state index in [1.807, 2.05) is 37.3 Å². The van der Waals surface area contributed by atoms with Crippen molar-refractivity contribution in [2.45, 2.75) is 45.7 Å². The summed E-state index contributed by atoms with van der Waals surface area (Å²) in [5.41, 5.74) is 3.13. The Bertz CT molecular complexity index is 1260. The zero-order valence-corrected chi connectivity index (χ0v) is 20.5. The summed E-state index contributed by atoms with van der Waals surface area (Å²) in [6.07, 6.45) is 3.33. The molecule has 0 spiro atoms. The van der Waals surface area contributed by atoms with E-state index in [-0.39, 0.29) is 23.3 Å². The van der Waals surface area contributed by atoms with Crippen molar-refractivity contribution in [2.75, 3.05) is 6.61 Å². The SMILES string of the molecule is CCOc1cccc(/C(O)=C2\C(=O)C(=O)N(Cc3cccnc3)C2c2ccc(C(C)(C)C)cc2)c1. The number of benzene rings is 2. The Morgan fingerprint density at radius 1 is 1.06 bits per heavy atom. The number of aliphatic hydroxyl groups excluding tert-OH is 1. The first-order chi connectivity index (χ1) is 16.7. The topological polar surface area (TPSA) is 79.7 Å². The number of hydrogen-bond acceptors (Lipinski definition) is 5. The molecule has 1 N–H and O–H groups in total. The van der Waals surface area contributed by atoms with Crippen molar-refractivity contribution in [1.29, 1.82) is 0 Å². The minimum Gasteiger partial charge on any atom is -0.507 e. The van der Waals surface area contributed by atoms with Gasteiger partial charge in [-0.2, -0.15) is 0 Å².